The summed E-state index contributed by atoms with van der Waals surface area (Å²) in [7, 11) is 0. The van der Waals surface area contributed by atoms with Crippen LogP contribution in [0.15, 0.2) is 42.5 Å². The summed E-state index contributed by atoms with van der Waals surface area (Å²) in [4.78, 5) is 22.9. The third-order valence-corrected chi connectivity index (χ3v) is 3.93. The molecule has 4 nitrogen and oxygen atoms in total. The molecule has 1 aromatic carbocycles. The van der Waals surface area contributed by atoms with Gasteiger partial charge in [-0.25, -0.2) is 0 Å². The third kappa shape index (κ3) is 5.02. The minimum atomic E-state index is -0.906. The summed E-state index contributed by atoms with van der Waals surface area (Å²) in [6.07, 6.45) is 3.09. The fourth-order valence-electron chi connectivity index (χ4n) is 1.66. The van der Waals surface area contributed by atoms with Gasteiger partial charge in [-0.2, -0.15) is 0 Å². The van der Waals surface area contributed by atoms with Crippen LogP contribution in [0.4, 0.5) is 0 Å². The standard InChI is InChI=1S/C16H13ClO4S/c17-15-7-6-14(22-15)13(18)5-4-11-2-1-3-12(10-11)21-9-8-16(19)20/h1-7,10H,8-9H2,(H,19,20). The molecule has 2 rings (SSSR count). The Labute approximate surface area is 136 Å². The molecule has 0 saturated heterocycles. The number of carbonyl (C=O) groups excluding carboxylic acids is 1. The maximum absolute atomic E-state index is 11.9. The second-order valence-electron chi connectivity index (χ2n) is 4.37. The second-order valence-corrected chi connectivity index (χ2v) is 6.08. The van der Waals surface area contributed by atoms with E-state index in [2.05, 4.69) is 0 Å². The number of ketones is 1. The monoisotopic (exact) mass is 336 g/mol. The van der Waals surface area contributed by atoms with Gasteiger partial charge in [0.2, 0.25) is 0 Å². The van der Waals surface area contributed by atoms with E-state index < -0.39 is 5.97 Å². The van der Waals surface area contributed by atoms with Gasteiger partial charge in [0.05, 0.1) is 22.2 Å². The van der Waals surface area contributed by atoms with Crippen LogP contribution < -0.4 is 4.74 Å². The van der Waals surface area contributed by atoms with Crippen LogP contribution in [0.2, 0.25) is 4.34 Å². The van der Waals surface area contributed by atoms with Gasteiger partial charge in [0.15, 0.2) is 5.78 Å². The molecule has 0 aliphatic rings. The van der Waals surface area contributed by atoms with E-state index in [-0.39, 0.29) is 18.8 Å². The molecule has 0 spiro atoms. The van der Waals surface area contributed by atoms with E-state index in [1.54, 1.807) is 36.4 Å². The van der Waals surface area contributed by atoms with Gasteiger partial charge in [-0.05, 0) is 35.9 Å². The van der Waals surface area contributed by atoms with E-state index in [0.717, 1.165) is 5.56 Å². The van der Waals surface area contributed by atoms with Gasteiger partial charge < -0.3 is 9.84 Å². The number of aliphatic carboxylic acids is 1. The molecule has 1 heterocycles. The zero-order chi connectivity index (χ0) is 15.9. The number of hydrogen-bond acceptors (Lipinski definition) is 4. The van der Waals surface area contributed by atoms with Crippen molar-refractivity contribution in [1.82, 2.24) is 0 Å². The van der Waals surface area contributed by atoms with Crippen molar-refractivity contribution in [1.29, 1.82) is 0 Å². The van der Waals surface area contributed by atoms with Crippen molar-refractivity contribution in [3.63, 3.8) is 0 Å². The van der Waals surface area contributed by atoms with Crippen molar-refractivity contribution >= 4 is 40.8 Å². The van der Waals surface area contributed by atoms with Crippen LogP contribution in [0, 0.1) is 0 Å². The van der Waals surface area contributed by atoms with Gasteiger partial charge in [0.25, 0.3) is 0 Å². The Balaban J connectivity index is 1.98. The van der Waals surface area contributed by atoms with E-state index in [1.807, 2.05) is 6.07 Å². The molecule has 1 N–H and O–H groups in total. The molecule has 0 atom stereocenters. The van der Waals surface area contributed by atoms with E-state index in [1.165, 1.54) is 17.4 Å². The molecule has 0 unspecified atom stereocenters. The normalized spacial score (nSPS) is 10.8. The Morgan fingerprint density at radius 1 is 1.27 bits per heavy atom. The summed E-state index contributed by atoms with van der Waals surface area (Å²) in [6, 6.07) is 10.5. The molecule has 0 aliphatic carbocycles. The first-order valence-electron chi connectivity index (χ1n) is 6.47. The molecule has 0 saturated carbocycles. The summed E-state index contributed by atoms with van der Waals surface area (Å²) in [5.74, 6) is -0.458. The number of carbonyl (C=O) groups is 2. The van der Waals surface area contributed by atoms with Gasteiger partial charge in [0, 0.05) is 0 Å². The van der Waals surface area contributed by atoms with E-state index in [4.69, 9.17) is 21.4 Å². The number of rotatable bonds is 7. The van der Waals surface area contributed by atoms with Crippen molar-refractivity contribution < 1.29 is 19.4 Å². The van der Waals surface area contributed by atoms with Crippen LogP contribution in [0.5, 0.6) is 5.75 Å². The zero-order valence-corrected chi connectivity index (χ0v) is 13.1. The summed E-state index contributed by atoms with van der Waals surface area (Å²) in [5, 5.41) is 8.56. The Bertz CT molecular complexity index is 706. The van der Waals surface area contributed by atoms with E-state index >= 15 is 0 Å². The van der Waals surface area contributed by atoms with Crippen LogP contribution in [0.1, 0.15) is 21.7 Å². The largest absolute Gasteiger partial charge is 0.493 e. The lowest BCUT2D eigenvalue weighted by molar-refractivity contribution is -0.137. The maximum Gasteiger partial charge on any atom is 0.306 e. The SMILES string of the molecule is O=C(O)CCOc1cccc(C=CC(=O)c2ccc(Cl)s2)c1. The molecule has 0 aliphatic heterocycles. The third-order valence-electron chi connectivity index (χ3n) is 2.69. The van der Waals surface area contributed by atoms with Crippen molar-refractivity contribution in [2.45, 2.75) is 6.42 Å². The van der Waals surface area contributed by atoms with Crippen LogP contribution in [0.25, 0.3) is 6.08 Å². The molecule has 0 fully saturated rings. The summed E-state index contributed by atoms with van der Waals surface area (Å²) < 4.78 is 5.91. The lowest BCUT2D eigenvalue weighted by Crippen LogP contribution is -2.04. The molecule has 6 heteroatoms. The predicted molar refractivity (Wildman–Crippen MR) is 86.9 cm³/mol. The fourth-order valence-corrected chi connectivity index (χ4v) is 2.63. The molecule has 2 aromatic rings. The lowest BCUT2D eigenvalue weighted by atomic mass is 10.2. The second kappa shape index (κ2) is 7.77. The Hall–Kier alpha value is -2.11. The topological polar surface area (TPSA) is 63.6 Å². The predicted octanol–water partition coefficient (Wildman–Crippen LogP) is 4.15. The summed E-state index contributed by atoms with van der Waals surface area (Å²) >= 11 is 7.03. The van der Waals surface area contributed by atoms with Gasteiger partial charge in [-0.3, -0.25) is 9.59 Å². The smallest absolute Gasteiger partial charge is 0.306 e. The number of hydrogen-bond donors (Lipinski definition) is 1. The van der Waals surface area contributed by atoms with E-state index in [9.17, 15) is 9.59 Å². The van der Waals surface area contributed by atoms with Gasteiger partial charge in [-0.15, -0.1) is 11.3 Å². The highest BCUT2D eigenvalue weighted by molar-refractivity contribution is 7.18. The molecular formula is C16H13ClO4S. The average Bonchev–Trinajstić information content (AvgIpc) is 2.91. The summed E-state index contributed by atoms with van der Waals surface area (Å²) in [5.41, 5.74) is 0.795. The van der Waals surface area contributed by atoms with Crippen LogP contribution in [-0.2, 0) is 4.79 Å². The number of benzene rings is 1. The Morgan fingerprint density at radius 3 is 2.77 bits per heavy atom. The van der Waals surface area contributed by atoms with Crippen molar-refractivity contribution in [2.75, 3.05) is 6.61 Å². The van der Waals surface area contributed by atoms with Gasteiger partial charge in [-0.1, -0.05) is 29.8 Å². The van der Waals surface area contributed by atoms with Crippen LogP contribution in [0.3, 0.4) is 0 Å². The van der Waals surface area contributed by atoms with Crippen molar-refractivity contribution in [3.05, 3.63) is 57.3 Å². The molecule has 0 bridgehead atoms. The first kappa shape index (κ1) is 16.3. The summed E-state index contributed by atoms with van der Waals surface area (Å²) in [6.45, 7) is 0.106. The van der Waals surface area contributed by atoms with Gasteiger partial charge >= 0.3 is 5.97 Å². The minimum Gasteiger partial charge on any atom is -0.493 e. The molecule has 1 aromatic heterocycles. The first-order valence-corrected chi connectivity index (χ1v) is 7.66. The molecule has 0 amide bonds. The number of thiophene rings is 1. The zero-order valence-electron chi connectivity index (χ0n) is 11.5. The molecule has 22 heavy (non-hydrogen) atoms. The Kier molecular flexibility index (Phi) is 5.75. The highest BCUT2D eigenvalue weighted by atomic mass is 35.5. The number of carboxylic acid groups (broad SMARTS) is 1. The highest BCUT2D eigenvalue weighted by Gasteiger charge is 2.05. The number of allylic oxidation sites excluding steroid dienone is 1. The highest BCUT2D eigenvalue weighted by Crippen LogP contribution is 2.22. The molecular weight excluding hydrogens is 324 g/mol. The minimum absolute atomic E-state index is 0.0578. The van der Waals surface area contributed by atoms with Gasteiger partial charge in [0.1, 0.15) is 5.75 Å². The van der Waals surface area contributed by atoms with Crippen LogP contribution in [-0.4, -0.2) is 23.5 Å². The first-order chi connectivity index (χ1) is 10.5. The maximum atomic E-state index is 11.9. The molecule has 0 radical (unpaired) electrons. The quantitative estimate of drug-likeness (QED) is 0.609. The van der Waals surface area contributed by atoms with E-state index in [0.29, 0.717) is 15.0 Å². The average molecular weight is 337 g/mol. The lowest BCUT2D eigenvalue weighted by Gasteiger charge is -2.04. The number of halogens is 1. The van der Waals surface area contributed by atoms with Crippen LogP contribution >= 0.6 is 22.9 Å². The number of ether oxygens (including phenoxy) is 1. The number of carboxylic acids is 1. The Morgan fingerprint density at radius 2 is 2.09 bits per heavy atom. The fraction of sp³-hybridized carbons (Fsp3) is 0.125. The molecule has 114 valence electrons. The van der Waals surface area contributed by atoms with Crippen molar-refractivity contribution in [2.24, 2.45) is 0 Å². The van der Waals surface area contributed by atoms with Crippen molar-refractivity contribution in [3.8, 4) is 5.75 Å².